The van der Waals surface area contributed by atoms with Crippen LogP contribution in [0.25, 0.3) is 0 Å². The van der Waals surface area contributed by atoms with Crippen molar-refractivity contribution in [1.82, 2.24) is 5.32 Å². The fraction of sp³-hybridized carbons (Fsp3) is 0.812. The molecule has 1 saturated heterocycles. The number of carbonyl (C=O) groups is 3. The van der Waals surface area contributed by atoms with Crippen LogP contribution < -0.4 is 11.1 Å². The normalized spacial score (nSPS) is 29.7. The fourth-order valence-corrected chi connectivity index (χ4v) is 2.86. The molecule has 0 unspecified atom stereocenters. The Balaban J connectivity index is 3.11. The van der Waals surface area contributed by atoms with Crippen molar-refractivity contribution in [1.29, 1.82) is 0 Å². The molecule has 0 aromatic rings. The van der Waals surface area contributed by atoms with Crippen LogP contribution in [-0.4, -0.2) is 68.9 Å². The lowest BCUT2D eigenvalue weighted by Gasteiger charge is -2.44. The number of primary amides is 1. The monoisotopic (exact) mass is 376 g/mol. The molecule has 0 radical (unpaired) electrons. The summed E-state index contributed by atoms with van der Waals surface area (Å²) in [5.74, 6) is -1.16. The molecule has 150 valence electrons. The molecule has 26 heavy (non-hydrogen) atoms. The Kier molecular flexibility index (Phi) is 8.25. The van der Waals surface area contributed by atoms with Crippen LogP contribution in [0.2, 0.25) is 0 Å². The predicted molar refractivity (Wildman–Crippen MR) is 88.9 cm³/mol. The fourth-order valence-electron chi connectivity index (χ4n) is 2.86. The van der Waals surface area contributed by atoms with Crippen molar-refractivity contribution in [2.75, 3.05) is 14.2 Å². The van der Waals surface area contributed by atoms with Gasteiger partial charge in [0, 0.05) is 14.0 Å². The second kappa shape index (κ2) is 9.70. The van der Waals surface area contributed by atoms with Gasteiger partial charge in [0.15, 0.2) is 12.2 Å². The van der Waals surface area contributed by atoms with E-state index in [1.54, 1.807) is 6.92 Å². The third-order valence-corrected chi connectivity index (χ3v) is 4.06. The molecule has 1 amide bonds. The van der Waals surface area contributed by atoms with Gasteiger partial charge in [-0.15, -0.1) is 0 Å². The number of nitrogens with two attached hydrogens (primary N) is 1. The number of amides is 1. The van der Waals surface area contributed by atoms with Crippen LogP contribution in [0.5, 0.6) is 0 Å². The van der Waals surface area contributed by atoms with Gasteiger partial charge in [-0.05, 0) is 12.8 Å². The van der Waals surface area contributed by atoms with Crippen molar-refractivity contribution < 1.29 is 38.1 Å². The van der Waals surface area contributed by atoms with Crippen LogP contribution >= 0.6 is 0 Å². The summed E-state index contributed by atoms with van der Waals surface area (Å²) in [6, 6.07) is -0.679. The molecule has 6 atom stereocenters. The van der Waals surface area contributed by atoms with Crippen molar-refractivity contribution in [3.05, 3.63) is 0 Å². The molecular formula is C16H28N2O8. The van der Waals surface area contributed by atoms with Crippen LogP contribution in [-0.2, 0) is 33.3 Å². The highest BCUT2D eigenvalue weighted by Crippen LogP contribution is 2.27. The molecule has 1 aliphatic rings. The van der Waals surface area contributed by atoms with E-state index in [1.807, 2.05) is 13.8 Å². The minimum Gasteiger partial charge on any atom is -0.468 e. The van der Waals surface area contributed by atoms with E-state index in [1.165, 1.54) is 21.1 Å². The summed E-state index contributed by atoms with van der Waals surface area (Å²) in [5.41, 5.74) is 5.10. The second-order valence-electron chi connectivity index (χ2n) is 6.35. The Morgan fingerprint density at radius 3 is 2.12 bits per heavy atom. The summed E-state index contributed by atoms with van der Waals surface area (Å²) in [4.78, 5) is 34.7. The molecule has 0 spiro atoms. The molecule has 0 aromatic carbocycles. The Bertz CT molecular complexity index is 512. The van der Waals surface area contributed by atoms with Crippen molar-refractivity contribution >= 4 is 18.0 Å². The van der Waals surface area contributed by atoms with E-state index in [-0.39, 0.29) is 5.92 Å². The van der Waals surface area contributed by atoms with Crippen LogP contribution in [0.1, 0.15) is 27.7 Å². The molecule has 10 nitrogen and oxygen atoms in total. The predicted octanol–water partition coefficient (Wildman–Crippen LogP) is -0.0710. The Labute approximate surface area is 152 Å². The SMILES string of the molecule is COC(=O)[C@@H](N[C@H]1O[C@@H](C)[C@@H](OC(N)=O)[C@@H](OC(C)=O)[C@H]1OC)C(C)C. The first-order valence-corrected chi connectivity index (χ1v) is 8.27. The van der Waals surface area contributed by atoms with Gasteiger partial charge in [-0.3, -0.25) is 14.9 Å². The smallest absolute Gasteiger partial charge is 0.405 e. The van der Waals surface area contributed by atoms with Gasteiger partial charge in [0.05, 0.1) is 13.2 Å². The molecule has 0 saturated carbocycles. The zero-order valence-electron chi connectivity index (χ0n) is 15.9. The number of hydrogen-bond donors (Lipinski definition) is 2. The van der Waals surface area contributed by atoms with E-state index in [2.05, 4.69) is 5.32 Å². The maximum absolute atomic E-state index is 12.0. The topological polar surface area (TPSA) is 135 Å². The largest absolute Gasteiger partial charge is 0.468 e. The average Bonchev–Trinajstić information content (AvgIpc) is 2.54. The van der Waals surface area contributed by atoms with E-state index in [9.17, 15) is 14.4 Å². The number of hydrogen-bond acceptors (Lipinski definition) is 9. The minimum absolute atomic E-state index is 0.106. The summed E-state index contributed by atoms with van der Waals surface area (Å²) in [6.07, 6.45) is -5.32. The van der Waals surface area contributed by atoms with E-state index >= 15 is 0 Å². The highest BCUT2D eigenvalue weighted by Gasteiger charge is 2.49. The van der Waals surface area contributed by atoms with Crippen molar-refractivity contribution in [3.63, 3.8) is 0 Å². The first-order chi connectivity index (χ1) is 12.1. The molecule has 1 aliphatic heterocycles. The lowest BCUT2D eigenvalue weighted by Crippen LogP contribution is -2.66. The Morgan fingerprint density at radius 1 is 1.08 bits per heavy atom. The average molecular weight is 376 g/mol. The lowest BCUT2D eigenvalue weighted by molar-refractivity contribution is -0.242. The molecule has 1 heterocycles. The third kappa shape index (κ3) is 5.55. The maximum atomic E-state index is 12.0. The van der Waals surface area contributed by atoms with Crippen molar-refractivity contribution in [3.8, 4) is 0 Å². The van der Waals surface area contributed by atoms with E-state index in [0.717, 1.165) is 0 Å². The molecule has 3 N–H and O–H groups in total. The van der Waals surface area contributed by atoms with Gasteiger partial charge in [-0.2, -0.15) is 0 Å². The molecule has 1 fully saturated rings. The summed E-state index contributed by atoms with van der Waals surface area (Å²) in [7, 11) is 2.68. The third-order valence-electron chi connectivity index (χ3n) is 4.06. The van der Waals surface area contributed by atoms with Crippen LogP contribution in [0.4, 0.5) is 4.79 Å². The number of rotatable bonds is 7. The van der Waals surface area contributed by atoms with Crippen LogP contribution in [0, 0.1) is 5.92 Å². The number of methoxy groups -OCH3 is 2. The Hall–Kier alpha value is -1.91. The van der Waals surface area contributed by atoms with Gasteiger partial charge in [0.2, 0.25) is 0 Å². The van der Waals surface area contributed by atoms with Gasteiger partial charge in [0.1, 0.15) is 18.4 Å². The van der Waals surface area contributed by atoms with Crippen LogP contribution in [0.3, 0.4) is 0 Å². The summed E-state index contributed by atoms with van der Waals surface area (Å²) in [5, 5.41) is 3.03. The van der Waals surface area contributed by atoms with E-state index < -0.39 is 54.7 Å². The quantitative estimate of drug-likeness (QED) is 0.462. The highest BCUT2D eigenvalue weighted by atomic mass is 16.6. The second-order valence-corrected chi connectivity index (χ2v) is 6.35. The number of ether oxygens (including phenoxy) is 5. The van der Waals surface area contributed by atoms with Gasteiger partial charge < -0.3 is 29.4 Å². The van der Waals surface area contributed by atoms with Crippen LogP contribution in [0.15, 0.2) is 0 Å². The minimum atomic E-state index is -1.03. The first kappa shape index (κ1) is 22.1. The van der Waals surface area contributed by atoms with Gasteiger partial charge in [-0.1, -0.05) is 13.8 Å². The van der Waals surface area contributed by atoms with Crippen molar-refractivity contribution in [2.24, 2.45) is 11.7 Å². The van der Waals surface area contributed by atoms with Crippen molar-refractivity contribution in [2.45, 2.75) is 64.4 Å². The van der Waals surface area contributed by atoms with Gasteiger partial charge in [-0.25, -0.2) is 4.79 Å². The summed E-state index contributed by atoms with van der Waals surface area (Å²) < 4.78 is 26.4. The number of nitrogens with one attached hydrogen (secondary N) is 1. The Morgan fingerprint density at radius 2 is 1.69 bits per heavy atom. The molecule has 0 aromatic heterocycles. The summed E-state index contributed by atoms with van der Waals surface area (Å²) >= 11 is 0. The molecule has 1 rings (SSSR count). The van der Waals surface area contributed by atoms with E-state index in [4.69, 9.17) is 29.4 Å². The standard InChI is InChI=1S/C16H28N2O8/c1-7(2)10(15(20)23-6)18-14-13(22-5)12(25-9(4)19)11(8(3)24-14)26-16(17)21/h7-8,10-14,18H,1-6H3,(H2,17,21)/t8-,10-,11+,12+,13+,14-/m0/s1. The summed E-state index contributed by atoms with van der Waals surface area (Å²) in [6.45, 7) is 6.53. The molecule has 0 aliphatic carbocycles. The highest BCUT2D eigenvalue weighted by molar-refractivity contribution is 5.76. The lowest BCUT2D eigenvalue weighted by atomic mass is 9.96. The molecular weight excluding hydrogens is 348 g/mol. The maximum Gasteiger partial charge on any atom is 0.405 e. The zero-order valence-corrected chi connectivity index (χ0v) is 15.9. The van der Waals surface area contributed by atoms with Gasteiger partial charge in [0.25, 0.3) is 0 Å². The number of esters is 2. The number of carbonyl (C=O) groups excluding carboxylic acids is 3. The first-order valence-electron chi connectivity index (χ1n) is 8.27. The molecule has 10 heteroatoms. The van der Waals surface area contributed by atoms with E-state index in [0.29, 0.717) is 0 Å². The zero-order chi connectivity index (χ0) is 20.0. The molecule has 0 bridgehead atoms. The van der Waals surface area contributed by atoms with Gasteiger partial charge >= 0.3 is 18.0 Å².